The molecule has 3 heteroatoms. The molecular weight excluding hydrogens is 180 g/mol. The van der Waals surface area contributed by atoms with Crippen LogP contribution in [0.4, 0.5) is 0 Å². The lowest BCUT2D eigenvalue weighted by Gasteiger charge is -2.06. The lowest BCUT2D eigenvalue weighted by Crippen LogP contribution is -2.05. The number of esters is 1. The summed E-state index contributed by atoms with van der Waals surface area (Å²) < 4.78 is 9.95. The number of rotatable bonds is 2. The van der Waals surface area contributed by atoms with E-state index in [2.05, 4.69) is 0 Å². The average molecular weight is 192 g/mol. The van der Waals surface area contributed by atoms with Crippen molar-refractivity contribution in [3.05, 3.63) is 29.8 Å². The largest absolute Gasteiger partial charge is 0.497 e. The first-order valence-corrected chi connectivity index (χ1v) is 4.62. The fourth-order valence-electron chi connectivity index (χ4n) is 1.63. The molecule has 0 unspecified atom stereocenters. The summed E-state index contributed by atoms with van der Waals surface area (Å²) in [6.45, 7) is 0.537. The fraction of sp³-hybridized carbons (Fsp3) is 0.364. The maximum absolute atomic E-state index is 11.3. The molecule has 1 aromatic carbocycles. The molecule has 0 bridgehead atoms. The third-order valence-corrected chi connectivity index (χ3v) is 2.45. The van der Waals surface area contributed by atoms with Crippen molar-refractivity contribution in [2.75, 3.05) is 13.7 Å². The van der Waals surface area contributed by atoms with Crippen molar-refractivity contribution in [3.63, 3.8) is 0 Å². The number of carbonyl (C=O) groups is 1. The lowest BCUT2D eigenvalue weighted by atomic mass is 9.98. The zero-order valence-corrected chi connectivity index (χ0v) is 8.03. The van der Waals surface area contributed by atoms with Crippen molar-refractivity contribution >= 4 is 5.97 Å². The van der Waals surface area contributed by atoms with Gasteiger partial charge in [-0.05, 0) is 24.1 Å². The van der Waals surface area contributed by atoms with Crippen LogP contribution in [-0.4, -0.2) is 19.7 Å². The quantitative estimate of drug-likeness (QED) is 0.669. The van der Waals surface area contributed by atoms with E-state index in [1.54, 1.807) is 7.11 Å². The minimum atomic E-state index is -0.116. The molecule has 2 rings (SSSR count). The molecule has 0 N–H and O–H groups in total. The number of benzene rings is 1. The van der Waals surface area contributed by atoms with E-state index in [-0.39, 0.29) is 11.9 Å². The summed E-state index contributed by atoms with van der Waals surface area (Å²) in [5, 5.41) is 0. The number of hydrogen-bond donors (Lipinski definition) is 0. The number of carbonyl (C=O) groups excluding carboxylic acids is 1. The van der Waals surface area contributed by atoms with Crippen LogP contribution < -0.4 is 4.74 Å². The molecule has 0 saturated carbocycles. The Morgan fingerprint density at radius 1 is 1.36 bits per heavy atom. The van der Waals surface area contributed by atoms with Gasteiger partial charge in [0.2, 0.25) is 0 Å². The van der Waals surface area contributed by atoms with Gasteiger partial charge in [-0.1, -0.05) is 12.1 Å². The van der Waals surface area contributed by atoms with E-state index in [1.165, 1.54) is 0 Å². The highest BCUT2D eigenvalue weighted by Crippen LogP contribution is 2.27. The first-order valence-electron chi connectivity index (χ1n) is 4.62. The Morgan fingerprint density at radius 2 is 2.07 bits per heavy atom. The number of ether oxygens (including phenoxy) is 2. The van der Waals surface area contributed by atoms with Crippen LogP contribution in [0.15, 0.2) is 24.3 Å². The Balaban J connectivity index is 2.20. The van der Waals surface area contributed by atoms with Gasteiger partial charge >= 0.3 is 5.97 Å². The van der Waals surface area contributed by atoms with E-state index >= 15 is 0 Å². The van der Waals surface area contributed by atoms with Crippen LogP contribution in [0.3, 0.4) is 0 Å². The Hall–Kier alpha value is -1.51. The summed E-state index contributed by atoms with van der Waals surface area (Å²) in [5.74, 6) is 0.608. The summed E-state index contributed by atoms with van der Waals surface area (Å²) in [7, 11) is 1.62. The molecule has 74 valence electrons. The van der Waals surface area contributed by atoms with Gasteiger partial charge in [-0.3, -0.25) is 4.79 Å². The second kappa shape index (κ2) is 3.70. The molecule has 0 aliphatic carbocycles. The third kappa shape index (κ3) is 1.58. The average Bonchev–Trinajstić information content (AvgIpc) is 2.65. The van der Waals surface area contributed by atoms with Crippen LogP contribution in [0.5, 0.6) is 5.75 Å². The van der Waals surface area contributed by atoms with Gasteiger partial charge in [-0.15, -0.1) is 0 Å². The van der Waals surface area contributed by atoms with Crippen molar-refractivity contribution in [1.82, 2.24) is 0 Å². The van der Waals surface area contributed by atoms with Gasteiger partial charge < -0.3 is 9.47 Å². The van der Waals surface area contributed by atoms with Crippen molar-refractivity contribution < 1.29 is 14.3 Å². The van der Waals surface area contributed by atoms with Gasteiger partial charge in [-0.2, -0.15) is 0 Å². The number of cyclic esters (lactones) is 1. The molecule has 3 nitrogen and oxygen atoms in total. The van der Waals surface area contributed by atoms with Crippen LogP contribution in [0.2, 0.25) is 0 Å². The maximum Gasteiger partial charge on any atom is 0.313 e. The molecule has 0 spiro atoms. The second-order valence-corrected chi connectivity index (χ2v) is 3.28. The van der Waals surface area contributed by atoms with Gasteiger partial charge in [0.05, 0.1) is 19.6 Å². The minimum Gasteiger partial charge on any atom is -0.497 e. The predicted molar refractivity (Wildman–Crippen MR) is 51.3 cm³/mol. The first-order chi connectivity index (χ1) is 6.81. The molecule has 0 radical (unpaired) electrons. The van der Waals surface area contributed by atoms with Crippen LogP contribution in [0, 0.1) is 0 Å². The predicted octanol–water partition coefficient (Wildman–Crippen LogP) is 1.73. The van der Waals surface area contributed by atoms with Gasteiger partial charge in [0.25, 0.3) is 0 Å². The Labute approximate surface area is 82.6 Å². The zero-order chi connectivity index (χ0) is 9.97. The topological polar surface area (TPSA) is 35.5 Å². The summed E-state index contributed by atoms with van der Waals surface area (Å²) in [6.07, 6.45) is 0.783. The summed E-state index contributed by atoms with van der Waals surface area (Å²) in [4.78, 5) is 11.3. The molecule has 1 fully saturated rings. The fourth-order valence-corrected chi connectivity index (χ4v) is 1.63. The van der Waals surface area contributed by atoms with E-state index in [0.29, 0.717) is 6.61 Å². The van der Waals surface area contributed by atoms with Crippen LogP contribution >= 0.6 is 0 Å². The SMILES string of the molecule is COc1ccc([C@H]2CCOC2=O)cc1. The summed E-state index contributed by atoms with van der Waals surface area (Å²) in [6, 6.07) is 7.55. The summed E-state index contributed by atoms with van der Waals surface area (Å²) >= 11 is 0. The van der Waals surface area contributed by atoms with Gasteiger partial charge in [-0.25, -0.2) is 0 Å². The van der Waals surface area contributed by atoms with Crippen LogP contribution in [-0.2, 0) is 9.53 Å². The first kappa shape index (κ1) is 9.06. The zero-order valence-electron chi connectivity index (χ0n) is 8.03. The molecule has 0 aromatic heterocycles. The molecule has 1 aliphatic heterocycles. The highest BCUT2D eigenvalue weighted by Gasteiger charge is 2.27. The van der Waals surface area contributed by atoms with E-state index in [1.807, 2.05) is 24.3 Å². The third-order valence-electron chi connectivity index (χ3n) is 2.45. The number of methoxy groups -OCH3 is 1. The molecule has 14 heavy (non-hydrogen) atoms. The number of hydrogen-bond acceptors (Lipinski definition) is 3. The van der Waals surface area contributed by atoms with Crippen LogP contribution in [0.25, 0.3) is 0 Å². The van der Waals surface area contributed by atoms with E-state index < -0.39 is 0 Å². The molecule has 1 atom stereocenters. The van der Waals surface area contributed by atoms with Crippen molar-refractivity contribution in [2.45, 2.75) is 12.3 Å². The van der Waals surface area contributed by atoms with Gasteiger partial charge in [0.1, 0.15) is 5.75 Å². The molecule has 0 amide bonds. The standard InChI is InChI=1S/C11H12O3/c1-13-9-4-2-8(3-5-9)10-6-7-14-11(10)12/h2-5,10H,6-7H2,1H3/t10-/m1/s1. The van der Waals surface area contributed by atoms with Crippen molar-refractivity contribution in [2.24, 2.45) is 0 Å². The van der Waals surface area contributed by atoms with E-state index in [4.69, 9.17) is 9.47 Å². The summed E-state index contributed by atoms with van der Waals surface area (Å²) in [5.41, 5.74) is 1.01. The monoisotopic (exact) mass is 192 g/mol. The minimum absolute atomic E-state index is 0.0825. The second-order valence-electron chi connectivity index (χ2n) is 3.28. The maximum atomic E-state index is 11.3. The van der Waals surface area contributed by atoms with E-state index in [0.717, 1.165) is 17.7 Å². The van der Waals surface area contributed by atoms with Gasteiger partial charge in [0, 0.05) is 0 Å². The highest BCUT2D eigenvalue weighted by atomic mass is 16.5. The smallest absolute Gasteiger partial charge is 0.313 e. The molecule has 1 heterocycles. The Morgan fingerprint density at radius 3 is 2.57 bits per heavy atom. The van der Waals surface area contributed by atoms with E-state index in [9.17, 15) is 4.79 Å². The van der Waals surface area contributed by atoms with Crippen molar-refractivity contribution in [1.29, 1.82) is 0 Å². The molecule has 1 saturated heterocycles. The normalized spacial score (nSPS) is 20.6. The molecular formula is C11H12O3. The Kier molecular flexibility index (Phi) is 2.39. The molecule has 1 aromatic rings. The lowest BCUT2D eigenvalue weighted by molar-refractivity contribution is -0.139. The van der Waals surface area contributed by atoms with Crippen molar-refractivity contribution in [3.8, 4) is 5.75 Å². The highest BCUT2D eigenvalue weighted by molar-refractivity contribution is 5.79. The molecule has 1 aliphatic rings. The van der Waals surface area contributed by atoms with Crippen LogP contribution in [0.1, 0.15) is 17.9 Å². The Bertz CT molecular complexity index is 329. The van der Waals surface area contributed by atoms with Gasteiger partial charge in [0.15, 0.2) is 0 Å².